The number of likely N-dealkylation sites (tertiary alicyclic amines) is 1. The Hall–Kier alpha value is -0.820. The van der Waals surface area contributed by atoms with Crippen LogP contribution in [0.1, 0.15) is 33.6 Å². The highest BCUT2D eigenvalue weighted by Gasteiger charge is 2.29. The molecule has 0 radical (unpaired) electrons. The maximum atomic E-state index is 11.8. The van der Waals surface area contributed by atoms with E-state index in [9.17, 15) is 13.2 Å². The average Bonchev–Trinajstić information content (AvgIpc) is 2.12. The van der Waals surface area contributed by atoms with Gasteiger partial charge in [-0.1, -0.05) is 0 Å². The molecule has 0 spiro atoms. The molecule has 0 aliphatic carbocycles. The first-order valence-electron chi connectivity index (χ1n) is 6.00. The summed E-state index contributed by atoms with van der Waals surface area (Å²) >= 11 is 0. The predicted octanol–water partition coefficient (Wildman–Crippen LogP) is 1.52. The van der Waals surface area contributed by atoms with E-state index >= 15 is 0 Å². The summed E-state index contributed by atoms with van der Waals surface area (Å²) in [4.78, 5) is 13.3. The summed E-state index contributed by atoms with van der Waals surface area (Å²) in [6.07, 6.45) is 0.987. The molecule has 0 bridgehead atoms. The van der Waals surface area contributed by atoms with Crippen LogP contribution < -0.4 is 0 Å². The minimum Gasteiger partial charge on any atom is -0.444 e. The van der Waals surface area contributed by atoms with Crippen LogP contribution in [0.3, 0.4) is 0 Å². The predicted molar refractivity (Wildman–Crippen MR) is 66.9 cm³/mol. The number of rotatable bonds is 2. The van der Waals surface area contributed by atoms with E-state index in [1.807, 2.05) is 0 Å². The smallest absolute Gasteiger partial charge is 0.410 e. The molecule has 1 saturated heterocycles. The van der Waals surface area contributed by atoms with Crippen LogP contribution >= 0.6 is 0 Å². The van der Waals surface area contributed by atoms with E-state index in [0.29, 0.717) is 19.5 Å². The Morgan fingerprint density at radius 2 is 2.06 bits per heavy atom. The largest absolute Gasteiger partial charge is 0.444 e. The molecule has 1 aliphatic rings. The lowest BCUT2D eigenvalue weighted by Crippen LogP contribution is -2.44. The number of amides is 1. The lowest BCUT2D eigenvalue weighted by atomic mass is 10.0. The van der Waals surface area contributed by atoms with Crippen molar-refractivity contribution in [2.75, 3.05) is 18.8 Å². The Morgan fingerprint density at radius 3 is 2.56 bits per heavy atom. The lowest BCUT2D eigenvalue weighted by molar-refractivity contribution is 0.0175. The van der Waals surface area contributed by atoms with Crippen LogP contribution in [0.15, 0.2) is 0 Å². The van der Waals surface area contributed by atoms with Gasteiger partial charge in [-0.3, -0.25) is 4.55 Å². The van der Waals surface area contributed by atoms with E-state index in [4.69, 9.17) is 9.29 Å². The van der Waals surface area contributed by atoms with Crippen LogP contribution in [-0.4, -0.2) is 48.4 Å². The van der Waals surface area contributed by atoms with E-state index < -0.39 is 21.8 Å². The Balaban J connectivity index is 2.56. The van der Waals surface area contributed by atoms with Gasteiger partial charge in [0.2, 0.25) is 0 Å². The van der Waals surface area contributed by atoms with E-state index in [1.54, 1.807) is 20.8 Å². The van der Waals surface area contributed by atoms with Gasteiger partial charge in [-0.25, -0.2) is 4.79 Å². The molecule has 1 heterocycles. The van der Waals surface area contributed by atoms with Crippen LogP contribution in [0, 0.1) is 5.92 Å². The molecular weight excluding hydrogens is 258 g/mol. The summed E-state index contributed by atoms with van der Waals surface area (Å²) in [7, 11) is -3.99. The molecule has 1 aliphatic heterocycles. The number of hydrogen-bond donors (Lipinski definition) is 1. The molecule has 1 unspecified atom stereocenters. The van der Waals surface area contributed by atoms with E-state index in [1.165, 1.54) is 4.90 Å². The van der Waals surface area contributed by atoms with Crippen LogP contribution in [0.25, 0.3) is 0 Å². The SMILES string of the molecule is CC(C)(C)OC(=O)N1CCCC(CS(=O)(=O)O)C1. The third-order valence-corrected chi connectivity index (χ3v) is 3.51. The van der Waals surface area contributed by atoms with Gasteiger partial charge < -0.3 is 9.64 Å². The topological polar surface area (TPSA) is 83.9 Å². The van der Waals surface area contributed by atoms with Gasteiger partial charge >= 0.3 is 6.09 Å². The normalized spacial score (nSPS) is 21.8. The highest BCUT2D eigenvalue weighted by atomic mass is 32.2. The van der Waals surface area contributed by atoms with Gasteiger partial charge in [0.25, 0.3) is 10.1 Å². The van der Waals surface area contributed by atoms with Gasteiger partial charge in [-0.2, -0.15) is 8.42 Å². The van der Waals surface area contributed by atoms with Crippen molar-refractivity contribution in [1.82, 2.24) is 4.90 Å². The summed E-state index contributed by atoms with van der Waals surface area (Å²) in [5.41, 5.74) is -0.562. The van der Waals surface area contributed by atoms with Crippen molar-refractivity contribution < 1.29 is 22.5 Å². The van der Waals surface area contributed by atoms with Gasteiger partial charge in [0.1, 0.15) is 5.60 Å². The quantitative estimate of drug-likeness (QED) is 0.775. The van der Waals surface area contributed by atoms with Gasteiger partial charge in [-0.15, -0.1) is 0 Å². The Morgan fingerprint density at radius 1 is 1.44 bits per heavy atom. The van der Waals surface area contributed by atoms with Crippen molar-refractivity contribution in [3.8, 4) is 0 Å². The zero-order valence-electron chi connectivity index (χ0n) is 11.0. The molecule has 0 saturated carbocycles. The molecule has 0 aromatic carbocycles. The summed E-state index contributed by atoms with van der Waals surface area (Å²) < 4.78 is 35.7. The molecule has 106 valence electrons. The van der Waals surface area contributed by atoms with Gasteiger partial charge in [0.05, 0.1) is 5.75 Å². The van der Waals surface area contributed by atoms with Crippen LogP contribution in [0.5, 0.6) is 0 Å². The second-order valence-electron chi connectivity index (χ2n) is 5.68. The fourth-order valence-corrected chi connectivity index (χ4v) is 2.86. The number of nitrogens with zero attached hydrogens (tertiary/aromatic N) is 1. The molecule has 18 heavy (non-hydrogen) atoms. The van der Waals surface area contributed by atoms with Crippen molar-refractivity contribution in [2.45, 2.75) is 39.2 Å². The zero-order valence-corrected chi connectivity index (χ0v) is 11.9. The second-order valence-corrected chi connectivity index (χ2v) is 7.18. The first-order valence-corrected chi connectivity index (χ1v) is 7.61. The van der Waals surface area contributed by atoms with Gasteiger partial charge in [0, 0.05) is 13.1 Å². The Labute approximate surface area is 108 Å². The number of hydrogen-bond acceptors (Lipinski definition) is 4. The monoisotopic (exact) mass is 279 g/mol. The summed E-state index contributed by atoms with van der Waals surface area (Å²) in [6.45, 7) is 6.23. The number of ether oxygens (including phenoxy) is 1. The van der Waals surface area contributed by atoms with Crippen molar-refractivity contribution in [2.24, 2.45) is 5.92 Å². The van der Waals surface area contributed by atoms with Crippen molar-refractivity contribution in [3.05, 3.63) is 0 Å². The van der Waals surface area contributed by atoms with Crippen LogP contribution in [0.4, 0.5) is 4.79 Å². The van der Waals surface area contributed by atoms with Crippen molar-refractivity contribution in [3.63, 3.8) is 0 Å². The second kappa shape index (κ2) is 5.44. The Bertz CT molecular complexity index is 398. The minimum atomic E-state index is -3.99. The van der Waals surface area contributed by atoms with Crippen molar-refractivity contribution in [1.29, 1.82) is 0 Å². The van der Waals surface area contributed by atoms with E-state index in [0.717, 1.165) is 6.42 Å². The molecule has 0 aromatic rings. The van der Waals surface area contributed by atoms with Gasteiger partial charge in [-0.05, 0) is 39.5 Å². The van der Waals surface area contributed by atoms with Crippen molar-refractivity contribution >= 4 is 16.2 Å². The number of piperidine rings is 1. The maximum Gasteiger partial charge on any atom is 0.410 e. The standard InChI is InChI=1S/C11H21NO5S/c1-11(2,3)17-10(13)12-6-4-5-9(7-12)8-18(14,15)16/h9H,4-8H2,1-3H3,(H,14,15,16). The third-order valence-electron chi connectivity index (χ3n) is 2.62. The fraction of sp³-hybridized carbons (Fsp3) is 0.909. The van der Waals surface area contributed by atoms with E-state index in [-0.39, 0.29) is 11.7 Å². The lowest BCUT2D eigenvalue weighted by Gasteiger charge is -2.33. The average molecular weight is 279 g/mol. The fourth-order valence-electron chi connectivity index (χ4n) is 1.99. The number of carbonyl (C=O) groups excluding carboxylic acids is 1. The first kappa shape index (κ1) is 15.2. The summed E-state index contributed by atoms with van der Waals surface area (Å²) in [5.74, 6) is -0.520. The van der Waals surface area contributed by atoms with Crippen LogP contribution in [0.2, 0.25) is 0 Å². The maximum absolute atomic E-state index is 11.8. The molecular formula is C11H21NO5S. The molecule has 1 N–H and O–H groups in total. The first-order chi connectivity index (χ1) is 8.07. The molecule has 1 amide bonds. The summed E-state index contributed by atoms with van der Waals surface area (Å²) in [5, 5.41) is 0. The molecule has 1 rings (SSSR count). The molecule has 0 aromatic heterocycles. The minimum absolute atomic E-state index is 0.221. The molecule has 1 atom stereocenters. The van der Waals surface area contributed by atoms with Crippen LogP contribution in [-0.2, 0) is 14.9 Å². The Kier molecular flexibility index (Phi) is 4.61. The van der Waals surface area contributed by atoms with Gasteiger partial charge in [0.15, 0.2) is 0 Å². The molecule has 1 fully saturated rings. The summed E-state index contributed by atoms with van der Waals surface area (Å²) in [6, 6.07) is 0. The zero-order chi connectivity index (χ0) is 14.0. The highest BCUT2D eigenvalue weighted by Crippen LogP contribution is 2.20. The highest BCUT2D eigenvalue weighted by molar-refractivity contribution is 7.85. The molecule has 7 heteroatoms. The third kappa shape index (κ3) is 5.68. The molecule has 6 nitrogen and oxygen atoms in total. The van der Waals surface area contributed by atoms with E-state index in [2.05, 4.69) is 0 Å². The number of carbonyl (C=O) groups is 1.